The maximum Gasteiger partial charge on any atom is 0.416 e. The Hall–Kier alpha value is -2.80. The number of halogens is 6. The summed E-state index contributed by atoms with van der Waals surface area (Å²) in [6.07, 6.45) is -3.86. The lowest BCUT2D eigenvalue weighted by molar-refractivity contribution is -0.138. The van der Waals surface area contributed by atoms with E-state index < -0.39 is 40.6 Å². The summed E-state index contributed by atoms with van der Waals surface area (Å²) < 4.78 is 82.5. The fourth-order valence-corrected chi connectivity index (χ4v) is 1.63. The molecule has 0 saturated heterocycles. The van der Waals surface area contributed by atoms with Gasteiger partial charge in [0.25, 0.3) is 0 Å². The molecular formula is C14H5F6NO2. The van der Waals surface area contributed by atoms with Crippen molar-refractivity contribution in [3.63, 3.8) is 0 Å². The van der Waals surface area contributed by atoms with Gasteiger partial charge in [0.1, 0.15) is 17.3 Å². The molecule has 0 fully saturated rings. The zero-order chi connectivity index (χ0) is 17.2. The molecule has 0 aliphatic rings. The summed E-state index contributed by atoms with van der Waals surface area (Å²) in [6.45, 7) is 0. The summed E-state index contributed by atoms with van der Waals surface area (Å²) in [4.78, 5) is 13.1. The molecule has 2 rings (SSSR count). The molecule has 3 nitrogen and oxygen atoms in total. The van der Waals surface area contributed by atoms with Crippen molar-refractivity contribution in [2.75, 3.05) is 0 Å². The van der Waals surface area contributed by atoms with Crippen molar-refractivity contribution >= 4 is 11.8 Å². The number of alkyl halides is 3. The van der Waals surface area contributed by atoms with Crippen LogP contribution in [-0.4, -0.2) is 6.08 Å². The van der Waals surface area contributed by atoms with Gasteiger partial charge in [0.05, 0.1) is 5.56 Å². The summed E-state index contributed by atoms with van der Waals surface area (Å²) in [5.74, 6) is -5.55. The Morgan fingerprint density at radius 1 is 0.957 bits per heavy atom. The minimum absolute atomic E-state index is 0.0619. The monoisotopic (exact) mass is 333 g/mol. The van der Waals surface area contributed by atoms with Crippen LogP contribution >= 0.6 is 0 Å². The Bertz CT molecular complexity index is 773. The van der Waals surface area contributed by atoms with E-state index >= 15 is 0 Å². The Morgan fingerprint density at radius 3 is 2.09 bits per heavy atom. The number of hydrogen-bond acceptors (Lipinski definition) is 3. The van der Waals surface area contributed by atoms with E-state index in [1.807, 2.05) is 0 Å². The van der Waals surface area contributed by atoms with E-state index in [0.29, 0.717) is 0 Å². The van der Waals surface area contributed by atoms with Gasteiger partial charge in [-0.05, 0) is 24.3 Å². The second-order valence-corrected chi connectivity index (χ2v) is 4.19. The molecular weight excluding hydrogens is 328 g/mol. The van der Waals surface area contributed by atoms with Gasteiger partial charge in [-0.2, -0.15) is 18.2 Å². The minimum atomic E-state index is -4.93. The quantitative estimate of drug-likeness (QED) is 0.456. The van der Waals surface area contributed by atoms with Crippen LogP contribution in [0, 0.1) is 17.5 Å². The summed E-state index contributed by atoms with van der Waals surface area (Å²) in [7, 11) is 0. The topological polar surface area (TPSA) is 38.7 Å². The molecule has 0 bridgehead atoms. The van der Waals surface area contributed by atoms with Gasteiger partial charge in [0.15, 0.2) is 17.4 Å². The summed E-state index contributed by atoms with van der Waals surface area (Å²) in [6, 6.07) is 2.71. The molecule has 0 aromatic heterocycles. The lowest BCUT2D eigenvalue weighted by Gasteiger charge is -2.12. The number of isocyanates is 1. The Kier molecular flexibility index (Phi) is 4.42. The van der Waals surface area contributed by atoms with E-state index in [-0.39, 0.29) is 17.9 Å². The third-order valence-electron chi connectivity index (χ3n) is 2.63. The fraction of sp³-hybridized carbons (Fsp3) is 0.0714. The average Bonchev–Trinajstić information content (AvgIpc) is 2.45. The summed E-state index contributed by atoms with van der Waals surface area (Å²) in [5, 5.41) is 0. The van der Waals surface area contributed by atoms with E-state index in [1.54, 1.807) is 0 Å². The second kappa shape index (κ2) is 6.13. The summed E-state index contributed by atoms with van der Waals surface area (Å²) in [5.41, 5.74) is -2.03. The molecule has 0 amide bonds. The lowest BCUT2D eigenvalue weighted by atomic mass is 10.2. The summed E-state index contributed by atoms with van der Waals surface area (Å²) >= 11 is 0. The first-order chi connectivity index (χ1) is 10.7. The van der Waals surface area contributed by atoms with Gasteiger partial charge < -0.3 is 4.74 Å². The highest BCUT2D eigenvalue weighted by Gasteiger charge is 2.33. The van der Waals surface area contributed by atoms with Crippen molar-refractivity contribution in [2.45, 2.75) is 6.18 Å². The second-order valence-electron chi connectivity index (χ2n) is 4.19. The van der Waals surface area contributed by atoms with E-state index in [4.69, 9.17) is 4.74 Å². The van der Waals surface area contributed by atoms with Gasteiger partial charge in [0, 0.05) is 6.07 Å². The predicted octanol–water partition coefficient (Wildman–Crippen LogP) is 4.88. The number of hydrogen-bond donors (Lipinski definition) is 0. The van der Waals surface area contributed by atoms with Crippen LogP contribution in [0.1, 0.15) is 5.56 Å². The predicted molar refractivity (Wildman–Crippen MR) is 65.6 cm³/mol. The Labute approximate surface area is 124 Å². The van der Waals surface area contributed by atoms with Crippen LogP contribution in [0.25, 0.3) is 0 Å². The number of rotatable bonds is 3. The highest BCUT2D eigenvalue weighted by Crippen LogP contribution is 2.36. The average molecular weight is 333 g/mol. The van der Waals surface area contributed by atoms with Crippen molar-refractivity contribution in [1.29, 1.82) is 0 Å². The molecule has 23 heavy (non-hydrogen) atoms. The van der Waals surface area contributed by atoms with E-state index in [0.717, 1.165) is 24.3 Å². The molecule has 0 atom stereocenters. The van der Waals surface area contributed by atoms with Gasteiger partial charge in [-0.25, -0.2) is 18.0 Å². The van der Waals surface area contributed by atoms with Crippen LogP contribution in [0.4, 0.5) is 32.0 Å². The van der Waals surface area contributed by atoms with Crippen LogP contribution < -0.4 is 4.74 Å². The number of ether oxygens (including phenoxy) is 1. The first-order valence-electron chi connectivity index (χ1n) is 5.84. The number of nitrogens with zero attached hydrogens (tertiary/aromatic N) is 1. The maximum absolute atomic E-state index is 13.6. The molecule has 0 heterocycles. The molecule has 0 radical (unpaired) electrons. The lowest BCUT2D eigenvalue weighted by Crippen LogP contribution is -2.07. The van der Waals surface area contributed by atoms with E-state index in [9.17, 15) is 31.1 Å². The maximum atomic E-state index is 13.6. The highest BCUT2D eigenvalue weighted by molar-refractivity contribution is 5.53. The first kappa shape index (κ1) is 16.6. The molecule has 120 valence electrons. The van der Waals surface area contributed by atoms with Crippen molar-refractivity contribution in [3.8, 4) is 11.5 Å². The van der Waals surface area contributed by atoms with E-state index in [2.05, 4.69) is 4.99 Å². The largest absolute Gasteiger partial charge is 0.451 e. The molecule has 0 N–H and O–H groups in total. The molecule has 0 aliphatic heterocycles. The zero-order valence-corrected chi connectivity index (χ0v) is 10.9. The first-order valence-corrected chi connectivity index (χ1v) is 5.84. The van der Waals surface area contributed by atoms with Crippen molar-refractivity contribution in [3.05, 3.63) is 53.3 Å². The number of carbonyl (C=O) groups excluding carboxylic acids is 1. The normalized spacial score (nSPS) is 11.0. The van der Waals surface area contributed by atoms with Crippen LogP contribution in [-0.2, 0) is 11.0 Å². The fourth-order valence-electron chi connectivity index (χ4n) is 1.63. The molecule has 0 spiro atoms. The van der Waals surface area contributed by atoms with Crippen molar-refractivity contribution < 1.29 is 35.9 Å². The molecule has 0 unspecified atom stereocenters. The molecule has 0 saturated carbocycles. The van der Waals surface area contributed by atoms with Gasteiger partial charge >= 0.3 is 6.18 Å². The Morgan fingerprint density at radius 2 is 1.57 bits per heavy atom. The Balaban J connectivity index is 2.41. The molecule has 2 aromatic rings. The minimum Gasteiger partial charge on any atom is -0.451 e. The van der Waals surface area contributed by atoms with Gasteiger partial charge in [-0.3, -0.25) is 0 Å². The smallest absolute Gasteiger partial charge is 0.416 e. The van der Waals surface area contributed by atoms with Crippen LogP contribution in [0.5, 0.6) is 11.5 Å². The molecule has 9 heteroatoms. The van der Waals surface area contributed by atoms with Crippen LogP contribution in [0.3, 0.4) is 0 Å². The van der Waals surface area contributed by atoms with Gasteiger partial charge in [-0.15, -0.1) is 0 Å². The standard InChI is InChI=1S/C14H5F6NO2/c15-9-2-1-8(5-12(9)21-6-22)23-13-10(16)3-7(4-11(13)17)14(18,19)20/h1-5H. The van der Waals surface area contributed by atoms with Gasteiger partial charge in [-0.1, -0.05) is 0 Å². The van der Waals surface area contributed by atoms with E-state index in [1.165, 1.54) is 0 Å². The zero-order valence-electron chi connectivity index (χ0n) is 10.9. The van der Waals surface area contributed by atoms with Crippen LogP contribution in [0.15, 0.2) is 35.3 Å². The van der Waals surface area contributed by atoms with Crippen molar-refractivity contribution in [2.24, 2.45) is 4.99 Å². The third-order valence-corrected chi connectivity index (χ3v) is 2.63. The molecule has 0 aliphatic carbocycles. The third kappa shape index (κ3) is 3.70. The van der Waals surface area contributed by atoms with Gasteiger partial charge in [0.2, 0.25) is 6.08 Å². The van der Waals surface area contributed by atoms with Crippen molar-refractivity contribution in [1.82, 2.24) is 0 Å². The SMILES string of the molecule is O=C=Nc1cc(Oc2c(F)cc(C(F)(F)F)cc2F)ccc1F. The number of benzene rings is 2. The highest BCUT2D eigenvalue weighted by atomic mass is 19.4. The number of aliphatic imine (C=N–C) groups is 1. The van der Waals surface area contributed by atoms with Crippen LogP contribution in [0.2, 0.25) is 0 Å². The molecule has 2 aromatic carbocycles.